The van der Waals surface area contributed by atoms with Crippen LogP contribution in [0.25, 0.3) is 22.3 Å². The Hall–Kier alpha value is -2.75. The molecule has 0 fully saturated rings. The minimum Gasteiger partial charge on any atom is -0.456 e. The minimum absolute atomic E-state index is 0.0448. The van der Waals surface area contributed by atoms with E-state index in [4.69, 9.17) is 13.9 Å². The van der Waals surface area contributed by atoms with Crippen molar-refractivity contribution in [2.45, 2.75) is 13.3 Å². The van der Waals surface area contributed by atoms with Gasteiger partial charge >= 0.3 is 0 Å². The molecule has 3 aromatic rings. The summed E-state index contributed by atoms with van der Waals surface area (Å²) in [6, 6.07) is 12.7. The van der Waals surface area contributed by atoms with Crippen molar-refractivity contribution < 1.29 is 13.9 Å². The largest absolute Gasteiger partial charge is 0.456 e. The maximum Gasteiger partial charge on any atom is 0.231 e. The van der Waals surface area contributed by atoms with Crippen LogP contribution in [0, 0.1) is 0 Å². The molecule has 2 aromatic carbocycles. The van der Waals surface area contributed by atoms with Crippen molar-refractivity contribution in [2.24, 2.45) is 0 Å². The van der Waals surface area contributed by atoms with Crippen LogP contribution in [0.4, 0.5) is 0 Å². The van der Waals surface area contributed by atoms with Crippen LogP contribution >= 0.6 is 0 Å². The minimum atomic E-state index is -0.0448. The van der Waals surface area contributed by atoms with E-state index in [0.29, 0.717) is 28.2 Å². The molecule has 0 amide bonds. The van der Waals surface area contributed by atoms with Gasteiger partial charge in [0.25, 0.3) is 0 Å². The summed E-state index contributed by atoms with van der Waals surface area (Å²) in [5, 5.41) is 0.599. The van der Waals surface area contributed by atoms with Gasteiger partial charge in [0.2, 0.25) is 6.79 Å². The average Bonchev–Trinajstić information content (AvgIpc) is 3.01. The van der Waals surface area contributed by atoms with Gasteiger partial charge < -0.3 is 13.9 Å². The molecule has 1 aromatic heterocycles. The first-order chi connectivity index (χ1) is 10.7. The van der Waals surface area contributed by atoms with Gasteiger partial charge in [-0.1, -0.05) is 13.0 Å². The highest BCUT2D eigenvalue weighted by Crippen LogP contribution is 2.36. The molecule has 0 unspecified atom stereocenters. The van der Waals surface area contributed by atoms with Gasteiger partial charge in [-0.3, -0.25) is 4.79 Å². The van der Waals surface area contributed by atoms with Crippen LogP contribution in [0.1, 0.15) is 12.5 Å². The molecule has 0 atom stereocenters. The first-order valence-corrected chi connectivity index (χ1v) is 7.21. The molecule has 1 aliphatic heterocycles. The Balaban J connectivity index is 1.89. The van der Waals surface area contributed by atoms with Crippen molar-refractivity contribution in [3.05, 3.63) is 58.3 Å². The first-order valence-electron chi connectivity index (χ1n) is 7.21. The molecule has 0 spiro atoms. The third kappa shape index (κ3) is 2.04. The Morgan fingerprint density at radius 2 is 1.86 bits per heavy atom. The van der Waals surface area contributed by atoms with Crippen molar-refractivity contribution in [3.8, 4) is 22.8 Å². The van der Waals surface area contributed by atoms with E-state index in [2.05, 4.69) is 6.92 Å². The molecule has 0 aliphatic carbocycles. The second-order valence-electron chi connectivity index (χ2n) is 5.23. The summed E-state index contributed by atoms with van der Waals surface area (Å²) in [4.78, 5) is 12.3. The lowest BCUT2D eigenvalue weighted by atomic mass is 10.1. The maximum absolute atomic E-state index is 12.3. The van der Waals surface area contributed by atoms with Crippen LogP contribution in [-0.2, 0) is 6.42 Å². The van der Waals surface area contributed by atoms with Gasteiger partial charge in [-0.15, -0.1) is 0 Å². The van der Waals surface area contributed by atoms with Crippen LogP contribution in [0.5, 0.6) is 11.5 Å². The topological polar surface area (TPSA) is 48.7 Å². The molecule has 4 nitrogen and oxygen atoms in total. The van der Waals surface area contributed by atoms with Crippen molar-refractivity contribution in [3.63, 3.8) is 0 Å². The van der Waals surface area contributed by atoms with E-state index >= 15 is 0 Å². The van der Waals surface area contributed by atoms with E-state index in [1.165, 1.54) is 6.07 Å². The number of hydrogen-bond donors (Lipinski definition) is 0. The predicted molar refractivity (Wildman–Crippen MR) is 83.4 cm³/mol. The highest BCUT2D eigenvalue weighted by Gasteiger charge is 2.15. The molecular formula is C18H14O4. The molecule has 110 valence electrons. The Labute approximate surface area is 126 Å². The lowest BCUT2D eigenvalue weighted by Crippen LogP contribution is -2.00. The number of benzene rings is 2. The van der Waals surface area contributed by atoms with Crippen LogP contribution in [-0.4, -0.2) is 6.79 Å². The molecule has 4 heteroatoms. The SMILES string of the molecule is CCc1ccc2c(=O)cc(-c3ccc4c(c3)OCO4)oc2c1. The van der Waals surface area contributed by atoms with E-state index in [-0.39, 0.29) is 12.2 Å². The molecule has 0 saturated carbocycles. The molecule has 0 bridgehead atoms. The highest BCUT2D eigenvalue weighted by atomic mass is 16.7. The summed E-state index contributed by atoms with van der Waals surface area (Å²) in [5.41, 5.74) is 2.50. The summed E-state index contributed by atoms with van der Waals surface area (Å²) in [6.07, 6.45) is 0.897. The number of aryl methyl sites for hydroxylation is 1. The van der Waals surface area contributed by atoms with E-state index in [1.807, 2.05) is 36.4 Å². The second kappa shape index (κ2) is 4.91. The highest BCUT2D eigenvalue weighted by molar-refractivity contribution is 5.79. The average molecular weight is 294 g/mol. The Bertz CT molecular complexity index is 924. The number of fused-ring (bicyclic) bond motifs is 2. The van der Waals surface area contributed by atoms with Gasteiger partial charge in [-0.25, -0.2) is 0 Å². The zero-order chi connectivity index (χ0) is 15.1. The fraction of sp³-hybridized carbons (Fsp3) is 0.167. The summed E-state index contributed by atoms with van der Waals surface area (Å²) in [7, 11) is 0. The quantitative estimate of drug-likeness (QED) is 0.722. The van der Waals surface area contributed by atoms with Crippen molar-refractivity contribution in [1.29, 1.82) is 0 Å². The van der Waals surface area contributed by atoms with E-state index in [1.54, 1.807) is 0 Å². The van der Waals surface area contributed by atoms with Gasteiger partial charge in [0, 0.05) is 11.6 Å². The Kier molecular flexibility index (Phi) is 2.89. The lowest BCUT2D eigenvalue weighted by molar-refractivity contribution is 0.174. The fourth-order valence-electron chi connectivity index (χ4n) is 2.61. The predicted octanol–water partition coefficient (Wildman–Crippen LogP) is 3.75. The van der Waals surface area contributed by atoms with Crippen LogP contribution in [0.15, 0.2) is 51.7 Å². The van der Waals surface area contributed by atoms with Gasteiger partial charge in [0.1, 0.15) is 11.3 Å². The third-order valence-electron chi connectivity index (χ3n) is 3.86. The maximum atomic E-state index is 12.3. The third-order valence-corrected chi connectivity index (χ3v) is 3.86. The number of ether oxygens (including phenoxy) is 2. The van der Waals surface area contributed by atoms with Crippen LogP contribution in [0.3, 0.4) is 0 Å². The molecule has 22 heavy (non-hydrogen) atoms. The van der Waals surface area contributed by atoms with Gasteiger partial charge in [-0.05, 0) is 42.3 Å². The smallest absolute Gasteiger partial charge is 0.231 e. The summed E-state index contributed by atoms with van der Waals surface area (Å²) in [6.45, 7) is 2.29. The Morgan fingerprint density at radius 3 is 2.73 bits per heavy atom. The molecule has 0 N–H and O–H groups in total. The fourth-order valence-corrected chi connectivity index (χ4v) is 2.61. The molecule has 4 rings (SSSR count). The standard InChI is InChI=1S/C18H14O4/c1-2-11-3-5-13-14(19)9-16(22-17(13)7-11)12-4-6-15-18(8-12)21-10-20-15/h3-9H,2,10H2,1H3. The number of rotatable bonds is 2. The normalized spacial score (nSPS) is 12.8. The van der Waals surface area contributed by atoms with Crippen molar-refractivity contribution in [2.75, 3.05) is 6.79 Å². The molecular weight excluding hydrogens is 280 g/mol. The van der Waals surface area contributed by atoms with E-state index in [0.717, 1.165) is 17.5 Å². The first kappa shape index (κ1) is 13.0. The van der Waals surface area contributed by atoms with Crippen LogP contribution in [0.2, 0.25) is 0 Å². The van der Waals surface area contributed by atoms with E-state index in [9.17, 15) is 4.79 Å². The van der Waals surface area contributed by atoms with Gasteiger partial charge in [-0.2, -0.15) is 0 Å². The zero-order valence-electron chi connectivity index (χ0n) is 12.1. The zero-order valence-corrected chi connectivity index (χ0v) is 12.1. The van der Waals surface area contributed by atoms with Crippen LogP contribution < -0.4 is 14.9 Å². The summed E-state index contributed by atoms with van der Waals surface area (Å²) < 4.78 is 16.6. The summed E-state index contributed by atoms with van der Waals surface area (Å²) >= 11 is 0. The lowest BCUT2D eigenvalue weighted by Gasteiger charge is -2.05. The van der Waals surface area contributed by atoms with E-state index < -0.39 is 0 Å². The second-order valence-corrected chi connectivity index (χ2v) is 5.23. The van der Waals surface area contributed by atoms with Gasteiger partial charge in [0.05, 0.1) is 5.39 Å². The molecule has 0 saturated heterocycles. The van der Waals surface area contributed by atoms with Gasteiger partial charge in [0.15, 0.2) is 16.9 Å². The summed E-state index contributed by atoms with van der Waals surface area (Å²) in [5.74, 6) is 1.91. The molecule has 2 heterocycles. The van der Waals surface area contributed by atoms with Crippen molar-refractivity contribution >= 4 is 11.0 Å². The number of hydrogen-bond acceptors (Lipinski definition) is 4. The van der Waals surface area contributed by atoms with Crippen molar-refractivity contribution in [1.82, 2.24) is 0 Å². The monoisotopic (exact) mass is 294 g/mol. The molecule has 0 radical (unpaired) electrons. The Morgan fingerprint density at radius 1 is 1.00 bits per heavy atom. The molecule has 1 aliphatic rings.